The van der Waals surface area contributed by atoms with Crippen LogP contribution in [0.2, 0.25) is 0 Å². The zero-order valence-electron chi connectivity index (χ0n) is 15.3. The number of hydrogen-bond donors (Lipinski definition) is 2. The van der Waals surface area contributed by atoms with Crippen LogP contribution in [0.15, 0.2) is 4.99 Å². The molecule has 2 aliphatic heterocycles. The summed E-state index contributed by atoms with van der Waals surface area (Å²) in [7, 11) is 0. The smallest absolute Gasteiger partial charge is 0.191 e. The number of piperidine rings is 2. The third kappa shape index (κ3) is 7.53. The quantitative estimate of drug-likeness (QED) is 0.553. The molecule has 2 saturated heterocycles. The molecule has 0 aromatic carbocycles. The van der Waals surface area contributed by atoms with Crippen LogP contribution in [0.5, 0.6) is 0 Å². The van der Waals surface area contributed by atoms with E-state index >= 15 is 0 Å². The lowest BCUT2D eigenvalue weighted by Crippen LogP contribution is -2.43. The lowest BCUT2D eigenvalue weighted by Gasteiger charge is -2.29. The molecule has 2 fully saturated rings. The van der Waals surface area contributed by atoms with Crippen LogP contribution in [0.25, 0.3) is 0 Å². The molecule has 0 aromatic rings. The van der Waals surface area contributed by atoms with Gasteiger partial charge in [-0.25, -0.2) is 0 Å². The van der Waals surface area contributed by atoms with Crippen molar-refractivity contribution in [3.05, 3.63) is 0 Å². The molecule has 0 radical (unpaired) electrons. The third-order valence-corrected chi connectivity index (χ3v) is 5.08. The number of likely N-dealkylation sites (tertiary alicyclic amines) is 2. The van der Waals surface area contributed by atoms with Crippen molar-refractivity contribution in [2.45, 2.75) is 46.0 Å². The fourth-order valence-electron chi connectivity index (χ4n) is 3.45. The highest BCUT2D eigenvalue weighted by Gasteiger charge is 2.14. The van der Waals surface area contributed by atoms with Gasteiger partial charge in [-0.2, -0.15) is 0 Å². The Labute approximate surface area is 142 Å². The predicted molar refractivity (Wildman–Crippen MR) is 99.1 cm³/mol. The van der Waals surface area contributed by atoms with Gasteiger partial charge in [-0.15, -0.1) is 0 Å². The average molecular weight is 324 g/mol. The van der Waals surface area contributed by atoms with Gasteiger partial charge in [0.15, 0.2) is 5.96 Å². The molecule has 2 rings (SSSR count). The van der Waals surface area contributed by atoms with E-state index in [0.717, 1.165) is 44.6 Å². The summed E-state index contributed by atoms with van der Waals surface area (Å²) in [5, 5.41) is 6.86. The van der Waals surface area contributed by atoms with Gasteiger partial charge >= 0.3 is 0 Å². The van der Waals surface area contributed by atoms with Crippen molar-refractivity contribution in [3.8, 4) is 0 Å². The molecular formula is C18H37N5. The maximum Gasteiger partial charge on any atom is 0.191 e. The number of aliphatic imine (C=N–C) groups is 1. The van der Waals surface area contributed by atoms with Gasteiger partial charge in [-0.05, 0) is 64.7 Å². The number of guanidine groups is 1. The van der Waals surface area contributed by atoms with Crippen molar-refractivity contribution in [2.24, 2.45) is 10.9 Å². The molecule has 0 bridgehead atoms. The molecule has 2 N–H and O–H groups in total. The van der Waals surface area contributed by atoms with E-state index in [1.54, 1.807) is 0 Å². The molecule has 0 unspecified atom stereocenters. The van der Waals surface area contributed by atoms with Crippen LogP contribution in [0, 0.1) is 5.92 Å². The average Bonchev–Trinajstić information content (AvgIpc) is 2.58. The minimum atomic E-state index is 0.896. The number of nitrogens with one attached hydrogen (secondary N) is 2. The number of rotatable bonds is 7. The molecule has 0 aliphatic carbocycles. The van der Waals surface area contributed by atoms with Gasteiger partial charge in [0.05, 0.1) is 6.54 Å². The van der Waals surface area contributed by atoms with Crippen LogP contribution in [-0.2, 0) is 0 Å². The van der Waals surface area contributed by atoms with Gasteiger partial charge in [0.1, 0.15) is 0 Å². The Hall–Kier alpha value is -0.810. The lowest BCUT2D eigenvalue weighted by molar-refractivity contribution is 0.197. The van der Waals surface area contributed by atoms with Gasteiger partial charge in [-0.1, -0.05) is 13.3 Å². The fraction of sp³-hybridized carbons (Fsp3) is 0.944. The molecule has 0 atom stereocenters. The highest BCUT2D eigenvalue weighted by atomic mass is 15.2. The summed E-state index contributed by atoms with van der Waals surface area (Å²) in [6.45, 7) is 14.6. The number of nitrogens with zero attached hydrogens (tertiary/aromatic N) is 3. The van der Waals surface area contributed by atoms with E-state index in [1.165, 1.54) is 58.3 Å². The van der Waals surface area contributed by atoms with Crippen LogP contribution in [0.4, 0.5) is 0 Å². The Kier molecular flexibility index (Phi) is 8.76. The molecule has 0 amide bonds. The molecule has 2 heterocycles. The molecule has 2 aliphatic rings. The Morgan fingerprint density at radius 1 is 0.957 bits per heavy atom. The highest BCUT2D eigenvalue weighted by molar-refractivity contribution is 5.79. The van der Waals surface area contributed by atoms with Crippen molar-refractivity contribution in [1.82, 2.24) is 20.4 Å². The first kappa shape index (κ1) is 18.5. The molecule has 5 nitrogen and oxygen atoms in total. The van der Waals surface area contributed by atoms with Crippen molar-refractivity contribution in [3.63, 3.8) is 0 Å². The maximum absolute atomic E-state index is 4.74. The van der Waals surface area contributed by atoms with Gasteiger partial charge < -0.3 is 20.4 Å². The van der Waals surface area contributed by atoms with Gasteiger partial charge in [-0.3, -0.25) is 4.99 Å². The van der Waals surface area contributed by atoms with Crippen molar-refractivity contribution in [1.29, 1.82) is 0 Å². The van der Waals surface area contributed by atoms with Gasteiger partial charge in [0.2, 0.25) is 0 Å². The van der Waals surface area contributed by atoms with E-state index in [1.807, 2.05) is 0 Å². The second-order valence-electron chi connectivity index (χ2n) is 7.11. The Morgan fingerprint density at radius 2 is 1.65 bits per heavy atom. The summed E-state index contributed by atoms with van der Waals surface area (Å²) in [6, 6.07) is 0. The third-order valence-electron chi connectivity index (χ3n) is 5.08. The maximum atomic E-state index is 4.74. The molecular weight excluding hydrogens is 286 g/mol. The van der Waals surface area contributed by atoms with Crippen LogP contribution >= 0.6 is 0 Å². The summed E-state index contributed by atoms with van der Waals surface area (Å²) in [6.07, 6.45) is 6.82. The van der Waals surface area contributed by atoms with Crippen LogP contribution in [-0.4, -0.2) is 74.7 Å². The second kappa shape index (κ2) is 10.9. The SMILES string of the molecule is CCNC(=NCCN1CCC(C)CC1)NCCN1CCCCC1. The Bertz CT molecular complexity index is 330. The zero-order chi connectivity index (χ0) is 16.3. The van der Waals surface area contributed by atoms with E-state index < -0.39 is 0 Å². The zero-order valence-corrected chi connectivity index (χ0v) is 15.3. The normalized spacial score (nSPS) is 22.3. The van der Waals surface area contributed by atoms with Crippen LogP contribution < -0.4 is 10.6 Å². The lowest BCUT2D eigenvalue weighted by atomic mass is 9.99. The van der Waals surface area contributed by atoms with Crippen LogP contribution in [0.1, 0.15) is 46.0 Å². The van der Waals surface area contributed by atoms with E-state index in [-0.39, 0.29) is 0 Å². The summed E-state index contributed by atoms with van der Waals surface area (Å²) < 4.78 is 0. The van der Waals surface area contributed by atoms with E-state index in [4.69, 9.17) is 4.99 Å². The van der Waals surface area contributed by atoms with Gasteiger partial charge in [0, 0.05) is 26.2 Å². The first-order valence-corrected chi connectivity index (χ1v) is 9.75. The standard InChI is InChI=1S/C18H37N5/c1-3-19-18(20-9-15-22-11-5-4-6-12-22)21-10-16-23-13-7-17(2)8-14-23/h17H,3-16H2,1-2H3,(H2,19,20,21). The molecule has 0 spiro atoms. The molecule has 5 heteroatoms. The monoisotopic (exact) mass is 323 g/mol. The second-order valence-corrected chi connectivity index (χ2v) is 7.11. The summed E-state index contributed by atoms with van der Waals surface area (Å²) >= 11 is 0. The number of hydrogen-bond acceptors (Lipinski definition) is 3. The molecule has 134 valence electrons. The predicted octanol–water partition coefficient (Wildman–Crippen LogP) is 1.76. The van der Waals surface area contributed by atoms with E-state index in [0.29, 0.717) is 0 Å². The largest absolute Gasteiger partial charge is 0.357 e. The first-order valence-electron chi connectivity index (χ1n) is 9.75. The van der Waals surface area contributed by atoms with Crippen molar-refractivity contribution in [2.75, 3.05) is 58.9 Å². The topological polar surface area (TPSA) is 42.9 Å². The van der Waals surface area contributed by atoms with Crippen LogP contribution in [0.3, 0.4) is 0 Å². The Morgan fingerprint density at radius 3 is 2.35 bits per heavy atom. The molecule has 0 aromatic heterocycles. The Balaban J connectivity index is 1.63. The molecule has 0 saturated carbocycles. The van der Waals surface area contributed by atoms with E-state index in [9.17, 15) is 0 Å². The van der Waals surface area contributed by atoms with E-state index in [2.05, 4.69) is 34.3 Å². The summed E-state index contributed by atoms with van der Waals surface area (Å²) in [4.78, 5) is 9.86. The van der Waals surface area contributed by atoms with Gasteiger partial charge in [0.25, 0.3) is 0 Å². The highest BCUT2D eigenvalue weighted by Crippen LogP contribution is 2.15. The molecule has 23 heavy (non-hydrogen) atoms. The van der Waals surface area contributed by atoms with Crippen molar-refractivity contribution >= 4 is 5.96 Å². The van der Waals surface area contributed by atoms with Crippen molar-refractivity contribution < 1.29 is 0 Å². The minimum Gasteiger partial charge on any atom is -0.357 e. The fourth-order valence-corrected chi connectivity index (χ4v) is 3.45. The first-order chi connectivity index (χ1) is 11.3. The summed E-state index contributed by atoms with van der Waals surface area (Å²) in [5.41, 5.74) is 0. The minimum absolute atomic E-state index is 0.896. The summed E-state index contributed by atoms with van der Waals surface area (Å²) in [5.74, 6) is 1.89.